The van der Waals surface area contributed by atoms with Crippen molar-refractivity contribution < 1.29 is 4.42 Å². The maximum Gasteiger partial charge on any atom is 0.247 e. The van der Waals surface area contributed by atoms with Crippen molar-refractivity contribution in [2.75, 3.05) is 13.1 Å². The van der Waals surface area contributed by atoms with Crippen molar-refractivity contribution in [2.24, 2.45) is 0 Å². The molecule has 82 valence electrons. The summed E-state index contributed by atoms with van der Waals surface area (Å²) in [4.78, 5) is 0. The Kier molecular flexibility index (Phi) is 2.49. The number of nitrogens with zero attached hydrogens (tertiary/aromatic N) is 2. The normalized spacial score (nSPS) is 16.1. The molecule has 0 saturated carbocycles. The lowest BCUT2D eigenvalue weighted by Crippen LogP contribution is -2.40. The first-order valence-electron chi connectivity index (χ1n) is 5.13. The van der Waals surface area contributed by atoms with Gasteiger partial charge in [0.1, 0.15) is 0 Å². The van der Waals surface area contributed by atoms with Gasteiger partial charge in [0.15, 0.2) is 0 Å². The maximum atomic E-state index is 5.64. The molecule has 0 amide bonds. The van der Waals surface area contributed by atoms with Gasteiger partial charge < -0.3 is 9.73 Å². The highest BCUT2D eigenvalue weighted by molar-refractivity contribution is 9.10. The van der Waals surface area contributed by atoms with Crippen LogP contribution in [0.2, 0.25) is 0 Å². The monoisotopic (exact) mass is 279 g/mol. The predicted octanol–water partition coefficient (Wildman–Crippen LogP) is 2.19. The fraction of sp³-hybridized carbons (Fsp3) is 0.273. The van der Waals surface area contributed by atoms with Crippen LogP contribution >= 0.6 is 15.9 Å². The van der Waals surface area contributed by atoms with Crippen molar-refractivity contribution in [1.29, 1.82) is 0 Å². The van der Waals surface area contributed by atoms with Gasteiger partial charge in [-0.3, -0.25) is 0 Å². The quantitative estimate of drug-likeness (QED) is 0.916. The molecule has 0 aliphatic carbocycles. The van der Waals surface area contributed by atoms with Crippen LogP contribution < -0.4 is 5.32 Å². The van der Waals surface area contributed by atoms with Crippen molar-refractivity contribution in [3.63, 3.8) is 0 Å². The predicted molar refractivity (Wildman–Crippen MR) is 63.0 cm³/mol. The zero-order chi connectivity index (χ0) is 11.0. The molecule has 1 N–H and O–H groups in total. The first-order chi connectivity index (χ1) is 7.83. The molecule has 1 aromatic heterocycles. The topological polar surface area (TPSA) is 51.0 Å². The third kappa shape index (κ3) is 1.76. The molecule has 1 fully saturated rings. The van der Waals surface area contributed by atoms with Crippen LogP contribution in [0.25, 0.3) is 11.5 Å². The van der Waals surface area contributed by atoms with Crippen LogP contribution in [-0.2, 0) is 0 Å². The molecule has 3 rings (SSSR count). The van der Waals surface area contributed by atoms with E-state index in [0.29, 0.717) is 11.8 Å². The highest BCUT2D eigenvalue weighted by Gasteiger charge is 2.24. The van der Waals surface area contributed by atoms with Gasteiger partial charge in [-0.2, -0.15) is 0 Å². The lowest BCUT2D eigenvalue weighted by Gasteiger charge is -2.22. The van der Waals surface area contributed by atoms with Crippen LogP contribution in [-0.4, -0.2) is 23.3 Å². The first-order valence-corrected chi connectivity index (χ1v) is 5.92. The molecule has 16 heavy (non-hydrogen) atoms. The number of hydrogen-bond acceptors (Lipinski definition) is 4. The standard InChI is InChI=1S/C11H10BrN3O/c12-9-3-1-7(2-4-9)10-14-15-11(16-10)8-5-13-6-8/h1-4,8,13H,5-6H2. The van der Waals surface area contributed by atoms with E-state index in [4.69, 9.17) is 4.42 Å². The lowest BCUT2D eigenvalue weighted by atomic mass is 10.0. The fourth-order valence-electron chi connectivity index (χ4n) is 1.57. The summed E-state index contributed by atoms with van der Waals surface area (Å²) >= 11 is 3.39. The Bertz CT molecular complexity index is 490. The van der Waals surface area contributed by atoms with E-state index in [1.54, 1.807) is 0 Å². The smallest absolute Gasteiger partial charge is 0.247 e. The number of benzene rings is 1. The van der Waals surface area contributed by atoms with Crippen molar-refractivity contribution in [3.8, 4) is 11.5 Å². The number of aromatic nitrogens is 2. The zero-order valence-electron chi connectivity index (χ0n) is 8.48. The van der Waals surface area contributed by atoms with Crippen LogP contribution in [0.15, 0.2) is 33.2 Å². The molecule has 5 heteroatoms. The largest absolute Gasteiger partial charge is 0.420 e. The first kappa shape index (κ1) is 9.99. The molecule has 4 nitrogen and oxygen atoms in total. The maximum absolute atomic E-state index is 5.64. The molecule has 0 unspecified atom stereocenters. The van der Waals surface area contributed by atoms with Crippen LogP contribution in [0.5, 0.6) is 0 Å². The number of hydrogen-bond donors (Lipinski definition) is 1. The number of nitrogens with one attached hydrogen (secondary N) is 1. The van der Waals surface area contributed by atoms with E-state index in [0.717, 1.165) is 29.0 Å². The van der Waals surface area contributed by atoms with E-state index in [1.807, 2.05) is 24.3 Å². The van der Waals surface area contributed by atoms with Crippen molar-refractivity contribution >= 4 is 15.9 Å². The summed E-state index contributed by atoms with van der Waals surface area (Å²) in [5, 5.41) is 11.3. The van der Waals surface area contributed by atoms with Crippen LogP contribution in [0.1, 0.15) is 11.8 Å². The SMILES string of the molecule is Brc1ccc(-c2nnc(C3CNC3)o2)cc1. The van der Waals surface area contributed by atoms with Gasteiger partial charge in [0.05, 0.1) is 5.92 Å². The average molecular weight is 280 g/mol. The Labute approximate surface area is 101 Å². The van der Waals surface area contributed by atoms with Crippen molar-refractivity contribution in [1.82, 2.24) is 15.5 Å². The Morgan fingerprint density at radius 3 is 2.56 bits per heavy atom. The number of rotatable bonds is 2. The van der Waals surface area contributed by atoms with Gasteiger partial charge in [-0.15, -0.1) is 10.2 Å². The van der Waals surface area contributed by atoms with Gasteiger partial charge in [-0.1, -0.05) is 15.9 Å². The molecule has 2 aromatic rings. The minimum atomic E-state index is 0.386. The average Bonchev–Trinajstić information content (AvgIpc) is 2.65. The molecular formula is C11H10BrN3O. The molecule has 1 aliphatic rings. The van der Waals surface area contributed by atoms with Gasteiger partial charge in [0.2, 0.25) is 11.8 Å². The summed E-state index contributed by atoms with van der Waals surface area (Å²) in [5.41, 5.74) is 0.953. The fourth-order valence-corrected chi connectivity index (χ4v) is 1.84. The second kappa shape index (κ2) is 3.99. The molecule has 0 bridgehead atoms. The van der Waals surface area contributed by atoms with Crippen LogP contribution in [0.4, 0.5) is 0 Å². The molecule has 1 aliphatic heterocycles. The summed E-state index contributed by atoms with van der Waals surface area (Å²) in [7, 11) is 0. The van der Waals surface area contributed by atoms with Crippen LogP contribution in [0.3, 0.4) is 0 Å². The van der Waals surface area contributed by atoms with E-state index >= 15 is 0 Å². The molecule has 0 atom stereocenters. The molecular weight excluding hydrogens is 270 g/mol. The molecule has 1 aromatic carbocycles. The van der Waals surface area contributed by atoms with Crippen molar-refractivity contribution in [2.45, 2.75) is 5.92 Å². The minimum Gasteiger partial charge on any atom is -0.420 e. The summed E-state index contributed by atoms with van der Waals surface area (Å²) in [5.74, 6) is 1.71. The molecule has 2 heterocycles. The van der Waals surface area contributed by atoms with E-state index in [1.165, 1.54) is 0 Å². The lowest BCUT2D eigenvalue weighted by molar-refractivity contribution is 0.361. The Balaban J connectivity index is 1.88. The van der Waals surface area contributed by atoms with Gasteiger partial charge in [0.25, 0.3) is 0 Å². The zero-order valence-corrected chi connectivity index (χ0v) is 10.1. The van der Waals surface area contributed by atoms with Gasteiger partial charge >= 0.3 is 0 Å². The minimum absolute atomic E-state index is 0.386. The summed E-state index contributed by atoms with van der Waals surface area (Å²) < 4.78 is 6.68. The highest BCUT2D eigenvalue weighted by Crippen LogP contribution is 2.24. The van der Waals surface area contributed by atoms with Gasteiger partial charge in [-0.25, -0.2) is 0 Å². The van der Waals surface area contributed by atoms with E-state index in [2.05, 4.69) is 31.4 Å². The Morgan fingerprint density at radius 2 is 1.94 bits per heavy atom. The van der Waals surface area contributed by atoms with E-state index in [-0.39, 0.29) is 0 Å². The van der Waals surface area contributed by atoms with E-state index in [9.17, 15) is 0 Å². The highest BCUT2D eigenvalue weighted by atomic mass is 79.9. The second-order valence-corrected chi connectivity index (χ2v) is 4.72. The summed E-state index contributed by atoms with van der Waals surface area (Å²) in [6.45, 7) is 1.87. The Morgan fingerprint density at radius 1 is 1.19 bits per heavy atom. The third-order valence-electron chi connectivity index (χ3n) is 2.66. The molecule has 1 saturated heterocycles. The Hall–Kier alpha value is -1.20. The van der Waals surface area contributed by atoms with Gasteiger partial charge in [0, 0.05) is 23.1 Å². The number of halogens is 1. The second-order valence-electron chi connectivity index (χ2n) is 3.81. The summed E-state index contributed by atoms with van der Waals surface area (Å²) in [6, 6.07) is 7.84. The molecule has 0 spiro atoms. The third-order valence-corrected chi connectivity index (χ3v) is 3.19. The van der Waals surface area contributed by atoms with Gasteiger partial charge in [-0.05, 0) is 24.3 Å². The molecule has 0 radical (unpaired) electrons. The summed E-state index contributed by atoms with van der Waals surface area (Å²) in [6.07, 6.45) is 0. The van der Waals surface area contributed by atoms with Crippen LogP contribution in [0, 0.1) is 0 Å². The van der Waals surface area contributed by atoms with Crippen molar-refractivity contribution in [3.05, 3.63) is 34.6 Å². The van der Waals surface area contributed by atoms with E-state index < -0.39 is 0 Å².